The summed E-state index contributed by atoms with van der Waals surface area (Å²) in [7, 11) is 0. The molecule has 0 radical (unpaired) electrons. The van der Waals surface area contributed by atoms with Crippen molar-refractivity contribution in [3.8, 4) is 11.1 Å². The van der Waals surface area contributed by atoms with E-state index in [9.17, 15) is 0 Å². The van der Waals surface area contributed by atoms with E-state index in [1.165, 1.54) is 71.9 Å². The molecular formula is C40H37N. The summed E-state index contributed by atoms with van der Waals surface area (Å²) in [5.41, 5.74) is 14.7. The Morgan fingerprint density at radius 1 is 0.780 bits per heavy atom. The van der Waals surface area contributed by atoms with Crippen molar-refractivity contribution in [2.75, 3.05) is 0 Å². The van der Waals surface area contributed by atoms with Crippen LogP contribution in [-0.2, 0) is 12.0 Å². The highest BCUT2D eigenvalue weighted by atomic mass is 15.0. The Hall–Kier alpha value is -4.36. The highest BCUT2D eigenvalue weighted by molar-refractivity contribution is 6.14. The minimum atomic E-state index is -0.0402. The number of aromatic nitrogens is 1. The van der Waals surface area contributed by atoms with Crippen molar-refractivity contribution in [3.63, 3.8) is 0 Å². The third kappa shape index (κ3) is 4.06. The standard InChI is InChI=1S/C40H37N/c1-5-31-32-20-12-13-22-36(32)40(3,4)37(31)23-24-41-38-27(2)15-14-21-33(38)35-26-30(28-16-8-6-9-17-28)25-34(39(35)41)29-18-10-7-11-19-29/h5,7-8,10-23,25-26H,6,9,24H2,1-4H3/b31-5-,37-23+. The van der Waals surface area contributed by atoms with Crippen molar-refractivity contribution in [1.82, 2.24) is 4.57 Å². The normalized spacial score (nSPS) is 18.0. The van der Waals surface area contributed by atoms with Crippen molar-refractivity contribution in [3.05, 3.63) is 143 Å². The molecule has 4 aromatic carbocycles. The Labute approximate surface area is 243 Å². The molecule has 2 aliphatic rings. The lowest BCUT2D eigenvalue weighted by Gasteiger charge is -2.22. The fourth-order valence-corrected chi connectivity index (χ4v) is 7.24. The minimum absolute atomic E-state index is 0.0402. The van der Waals surface area contributed by atoms with Crippen molar-refractivity contribution < 1.29 is 0 Å². The maximum atomic E-state index is 2.58. The Bertz CT molecular complexity index is 1940. The van der Waals surface area contributed by atoms with Gasteiger partial charge in [0.15, 0.2) is 0 Å². The summed E-state index contributed by atoms with van der Waals surface area (Å²) in [6, 6.07) is 31.5. The molecule has 0 bridgehead atoms. The van der Waals surface area contributed by atoms with Gasteiger partial charge >= 0.3 is 0 Å². The van der Waals surface area contributed by atoms with E-state index in [1.807, 2.05) is 0 Å². The molecule has 1 heterocycles. The topological polar surface area (TPSA) is 4.93 Å². The van der Waals surface area contributed by atoms with Crippen molar-refractivity contribution >= 4 is 33.0 Å². The predicted octanol–water partition coefficient (Wildman–Crippen LogP) is 10.8. The number of nitrogens with zero attached hydrogens (tertiary/aromatic N) is 1. The molecule has 1 heteroatoms. The molecule has 0 spiro atoms. The number of hydrogen-bond acceptors (Lipinski definition) is 0. The fourth-order valence-electron chi connectivity index (χ4n) is 7.24. The first-order valence-corrected chi connectivity index (χ1v) is 14.9. The fraction of sp³-hybridized carbons (Fsp3) is 0.200. The van der Waals surface area contributed by atoms with Gasteiger partial charge in [-0.05, 0) is 83.4 Å². The molecule has 0 amide bonds. The first-order chi connectivity index (χ1) is 20.0. The number of rotatable bonds is 4. The Balaban J connectivity index is 1.50. The highest BCUT2D eigenvalue weighted by Crippen LogP contribution is 2.50. The van der Waals surface area contributed by atoms with Gasteiger partial charge < -0.3 is 4.57 Å². The minimum Gasteiger partial charge on any atom is -0.336 e. The van der Waals surface area contributed by atoms with E-state index in [-0.39, 0.29) is 5.41 Å². The molecule has 0 saturated carbocycles. The van der Waals surface area contributed by atoms with Crippen LogP contribution in [0.4, 0.5) is 0 Å². The van der Waals surface area contributed by atoms with Crippen LogP contribution in [0.25, 0.3) is 44.1 Å². The van der Waals surface area contributed by atoms with Crippen LogP contribution in [0.2, 0.25) is 0 Å². The molecule has 0 fully saturated rings. The molecule has 202 valence electrons. The number of fused-ring (bicyclic) bond motifs is 4. The lowest BCUT2D eigenvalue weighted by atomic mass is 9.82. The Morgan fingerprint density at radius 3 is 2.37 bits per heavy atom. The van der Waals surface area contributed by atoms with E-state index >= 15 is 0 Å². The maximum absolute atomic E-state index is 2.58. The van der Waals surface area contributed by atoms with Gasteiger partial charge in [-0.25, -0.2) is 0 Å². The molecule has 0 unspecified atom stereocenters. The summed E-state index contributed by atoms with van der Waals surface area (Å²) in [6.07, 6.45) is 14.0. The van der Waals surface area contributed by atoms with Gasteiger partial charge in [-0.1, -0.05) is 117 Å². The van der Waals surface area contributed by atoms with E-state index in [2.05, 4.69) is 148 Å². The zero-order valence-corrected chi connectivity index (χ0v) is 24.5. The zero-order chi connectivity index (χ0) is 28.1. The van der Waals surface area contributed by atoms with Crippen LogP contribution in [0.1, 0.15) is 55.9 Å². The summed E-state index contributed by atoms with van der Waals surface area (Å²) in [5.74, 6) is 0. The van der Waals surface area contributed by atoms with Gasteiger partial charge in [0.1, 0.15) is 0 Å². The first kappa shape index (κ1) is 25.6. The van der Waals surface area contributed by atoms with Crippen molar-refractivity contribution in [2.45, 2.75) is 52.5 Å². The molecule has 7 rings (SSSR count). The average molecular weight is 532 g/mol. The van der Waals surface area contributed by atoms with Gasteiger partial charge in [-0.3, -0.25) is 0 Å². The molecule has 1 nitrogen and oxygen atoms in total. The first-order valence-electron chi connectivity index (χ1n) is 14.9. The second kappa shape index (κ2) is 9.93. The third-order valence-corrected chi connectivity index (χ3v) is 9.21. The molecular weight excluding hydrogens is 494 g/mol. The average Bonchev–Trinajstić information content (AvgIpc) is 3.45. The van der Waals surface area contributed by atoms with Crippen molar-refractivity contribution in [2.24, 2.45) is 0 Å². The van der Waals surface area contributed by atoms with Crippen LogP contribution < -0.4 is 0 Å². The van der Waals surface area contributed by atoms with E-state index < -0.39 is 0 Å². The molecule has 1 aromatic heterocycles. The van der Waals surface area contributed by atoms with Crippen LogP contribution in [0.5, 0.6) is 0 Å². The van der Waals surface area contributed by atoms with Gasteiger partial charge in [0, 0.05) is 28.3 Å². The van der Waals surface area contributed by atoms with Crippen LogP contribution in [-0.4, -0.2) is 4.57 Å². The molecule has 0 saturated heterocycles. The Morgan fingerprint density at radius 2 is 1.59 bits per heavy atom. The lowest BCUT2D eigenvalue weighted by molar-refractivity contribution is 0.654. The smallest absolute Gasteiger partial charge is 0.0574 e. The summed E-state index contributed by atoms with van der Waals surface area (Å²) in [5, 5.41) is 2.66. The molecule has 0 atom stereocenters. The van der Waals surface area contributed by atoms with E-state index in [1.54, 1.807) is 0 Å². The monoisotopic (exact) mass is 531 g/mol. The quantitative estimate of drug-likeness (QED) is 0.217. The van der Waals surface area contributed by atoms with Crippen LogP contribution in [0.15, 0.2) is 121 Å². The van der Waals surface area contributed by atoms with Crippen LogP contribution >= 0.6 is 0 Å². The summed E-state index contributed by atoms with van der Waals surface area (Å²) in [4.78, 5) is 0. The molecule has 0 N–H and O–H groups in total. The molecule has 41 heavy (non-hydrogen) atoms. The maximum Gasteiger partial charge on any atom is 0.0574 e. The third-order valence-electron chi connectivity index (χ3n) is 9.21. The Kier molecular flexibility index (Phi) is 6.20. The molecule has 0 aliphatic heterocycles. The number of hydrogen-bond donors (Lipinski definition) is 0. The molecule has 5 aromatic rings. The number of allylic oxidation sites excluding steroid dienone is 8. The summed E-state index contributed by atoms with van der Waals surface area (Å²) < 4.78 is 2.58. The van der Waals surface area contributed by atoms with Gasteiger partial charge in [0.25, 0.3) is 0 Å². The van der Waals surface area contributed by atoms with Gasteiger partial charge in [0.05, 0.1) is 11.0 Å². The van der Waals surface area contributed by atoms with Crippen LogP contribution in [0.3, 0.4) is 0 Å². The zero-order valence-electron chi connectivity index (χ0n) is 24.5. The van der Waals surface area contributed by atoms with Gasteiger partial charge in [0.2, 0.25) is 0 Å². The summed E-state index contributed by atoms with van der Waals surface area (Å²) in [6.45, 7) is 10.00. The lowest BCUT2D eigenvalue weighted by Crippen LogP contribution is -2.15. The predicted molar refractivity (Wildman–Crippen MR) is 177 cm³/mol. The number of para-hydroxylation sites is 1. The number of aryl methyl sites for hydroxylation is 1. The number of benzene rings is 4. The van der Waals surface area contributed by atoms with E-state index in [4.69, 9.17) is 0 Å². The largest absolute Gasteiger partial charge is 0.336 e. The van der Waals surface area contributed by atoms with Crippen molar-refractivity contribution in [1.29, 1.82) is 0 Å². The van der Waals surface area contributed by atoms with Crippen LogP contribution in [0, 0.1) is 6.92 Å². The van der Waals surface area contributed by atoms with E-state index in [0.29, 0.717) is 0 Å². The van der Waals surface area contributed by atoms with Gasteiger partial charge in [-0.15, -0.1) is 0 Å². The highest BCUT2D eigenvalue weighted by Gasteiger charge is 2.37. The summed E-state index contributed by atoms with van der Waals surface area (Å²) >= 11 is 0. The second-order valence-corrected chi connectivity index (χ2v) is 12.0. The second-order valence-electron chi connectivity index (χ2n) is 12.0. The van der Waals surface area contributed by atoms with E-state index in [0.717, 1.165) is 19.4 Å². The van der Waals surface area contributed by atoms with Gasteiger partial charge in [-0.2, -0.15) is 0 Å². The SMILES string of the molecule is C/C=C1\C(=C/Cn2c3c(C)cccc3c3cc(C4=CCCC=C4)cc(-c4ccccc4)c32)C(C)(C)c2ccccc21. The molecule has 2 aliphatic carbocycles.